The van der Waals surface area contributed by atoms with Crippen LogP contribution in [0, 0.1) is 13.8 Å². The molecule has 0 atom stereocenters. The maximum absolute atomic E-state index is 13.0. The van der Waals surface area contributed by atoms with E-state index in [0.29, 0.717) is 22.8 Å². The van der Waals surface area contributed by atoms with Crippen LogP contribution in [0.15, 0.2) is 22.6 Å². The first kappa shape index (κ1) is 18.8. The first-order valence-electron chi connectivity index (χ1n) is 8.56. The summed E-state index contributed by atoms with van der Waals surface area (Å²) in [6.07, 6.45) is 3.83. The quantitative estimate of drug-likeness (QED) is 0.333. The largest absolute Gasteiger partial charge is 0.283 e. The zero-order chi connectivity index (χ0) is 18.7. The molecule has 0 spiro atoms. The highest BCUT2D eigenvalue weighted by atomic mass is 32.2. The number of nitrogens with zero attached hydrogens (tertiary/aromatic N) is 6. The highest BCUT2D eigenvalue weighted by molar-refractivity contribution is 7.98. The number of aromatic nitrogens is 6. The molecule has 138 valence electrons. The topological polar surface area (TPSA) is 78.5 Å². The van der Waals surface area contributed by atoms with E-state index < -0.39 is 0 Å². The summed E-state index contributed by atoms with van der Waals surface area (Å²) in [7, 11) is 0. The van der Waals surface area contributed by atoms with Gasteiger partial charge >= 0.3 is 0 Å². The van der Waals surface area contributed by atoms with Crippen molar-refractivity contribution in [1.82, 2.24) is 29.8 Å². The monoisotopic (exact) mass is 390 g/mol. The smallest absolute Gasteiger partial charge is 0.263 e. The molecule has 26 heavy (non-hydrogen) atoms. The summed E-state index contributed by atoms with van der Waals surface area (Å²) in [6.45, 7) is 11.1. The molecule has 3 rings (SSSR count). The molecule has 9 heteroatoms. The van der Waals surface area contributed by atoms with Gasteiger partial charge in [-0.3, -0.25) is 9.36 Å². The molecule has 0 saturated carbocycles. The summed E-state index contributed by atoms with van der Waals surface area (Å²) >= 11 is 3.05. The summed E-state index contributed by atoms with van der Waals surface area (Å²) in [6, 6.07) is 0. The van der Waals surface area contributed by atoms with Crippen molar-refractivity contribution in [3.05, 3.63) is 39.3 Å². The Bertz CT molecular complexity index is 987. The number of allylic oxidation sites excluding steroid dienone is 1. The summed E-state index contributed by atoms with van der Waals surface area (Å²) in [5.41, 5.74) is 1.00. The number of fused-ring (bicyclic) bond motifs is 1. The summed E-state index contributed by atoms with van der Waals surface area (Å²) in [4.78, 5) is 19.6. The highest BCUT2D eigenvalue weighted by Crippen LogP contribution is 2.29. The molecule has 0 aliphatic carbocycles. The van der Waals surface area contributed by atoms with Crippen molar-refractivity contribution >= 4 is 33.3 Å². The average Bonchev–Trinajstić information content (AvgIpc) is 3.18. The highest BCUT2D eigenvalue weighted by Gasteiger charge is 2.17. The Labute approximate surface area is 160 Å². The fourth-order valence-corrected chi connectivity index (χ4v) is 4.66. The third kappa shape index (κ3) is 3.59. The Morgan fingerprint density at radius 1 is 1.35 bits per heavy atom. The van der Waals surface area contributed by atoms with Gasteiger partial charge in [0.2, 0.25) is 0 Å². The molecule has 7 nitrogen and oxygen atoms in total. The zero-order valence-electron chi connectivity index (χ0n) is 15.2. The van der Waals surface area contributed by atoms with Gasteiger partial charge in [0.1, 0.15) is 4.83 Å². The lowest BCUT2D eigenvalue weighted by molar-refractivity contribution is 0.540. The van der Waals surface area contributed by atoms with Crippen LogP contribution in [-0.4, -0.2) is 29.8 Å². The molecule has 3 aromatic heterocycles. The van der Waals surface area contributed by atoms with E-state index in [4.69, 9.17) is 4.98 Å². The lowest BCUT2D eigenvalue weighted by atomic mass is 10.2. The van der Waals surface area contributed by atoms with Gasteiger partial charge in [0.15, 0.2) is 11.0 Å². The zero-order valence-corrected chi connectivity index (χ0v) is 16.9. The van der Waals surface area contributed by atoms with Crippen molar-refractivity contribution < 1.29 is 0 Å². The van der Waals surface area contributed by atoms with Crippen molar-refractivity contribution in [2.45, 2.75) is 57.6 Å². The van der Waals surface area contributed by atoms with E-state index in [1.165, 1.54) is 11.8 Å². The molecule has 3 aromatic rings. The molecule has 0 N–H and O–H groups in total. The minimum absolute atomic E-state index is 0.00942. The number of aryl methyl sites for hydroxylation is 3. The van der Waals surface area contributed by atoms with Crippen molar-refractivity contribution in [3.8, 4) is 0 Å². The van der Waals surface area contributed by atoms with Crippen LogP contribution in [0.25, 0.3) is 10.2 Å². The fourth-order valence-electron chi connectivity index (χ4n) is 2.65. The molecule has 0 aliphatic heterocycles. The molecular formula is C17H22N6OS2. The van der Waals surface area contributed by atoms with Crippen LogP contribution in [0.5, 0.6) is 0 Å². The van der Waals surface area contributed by atoms with Crippen LogP contribution in [0.2, 0.25) is 0 Å². The van der Waals surface area contributed by atoms with E-state index in [-0.39, 0.29) is 5.56 Å². The number of thiophene rings is 1. The number of hydrogen-bond acceptors (Lipinski definition) is 7. The SMILES string of the molecule is C=CCn1c(SCc2nnnn2CCCC)nc2sc(C)c(C)c2c1=O. The van der Waals surface area contributed by atoms with Gasteiger partial charge in [0.05, 0.1) is 11.1 Å². The third-order valence-electron chi connectivity index (χ3n) is 4.23. The van der Waals surface area contributed by atoms with Gasteiger partial charge in [-0.2, -0.15) is 0 Å². The van der Waals surface area contributed by atoms with Crippen molar-refractivity contribution in [1.29, 1.82) is 0 Å². The van der Waals surface area contributed by atoms with Gasteiger partial charge in [-0.25, -0.2) is 9.67 Å². The first-order chi connectivity index (χ1) is 12.6. The van der Waals surface area contributed by atoms with Crippen LogP contribution >= 0.6 is 23.1 Å². The van der Waals surface area contributed by atoms with Crippen LogP contribution in [0.1, 0.15) is 36.0 Å². The molecule has 3 heterocycles. The average molecular weight is 391 g/mol. The van der Waals surface area contributed by atoms with Gasteiger partial charge < -0.3 is 0 Å². The van der Waals surface area contributed by atoms with Crippen LogP contribution in [0.4, 0.5) is 0 Å². The van der Waals surface area contributed by atoms with Crippen molar-refractivity contribution in [2.24, 2.45) is 0 Å². The van der Waals surface area contributed by atoms with Crippen LogP contribution < -0.4 is 5.56 Å². The molecule has 0 unspecified atom stereocenters. The number of unbranched alkanes of at least 4 members (excludes halogenated alkanes) is 1. The van der Waals surface area contributed by atoms with Crippen LogP contribution in [-0.2, 0) is 18.8 Å². The standard InChI is InChI=1S/C17H22N6OS2/c1-5-7-9-23-13(19-20-21-23)10-25-17-18-15-14(11(3)12(4)26-15)16(24)22(17)8-6-2/h6H,2,5,7-10H2,1,3-4H3. The predicted molar refractivity (Wildman–Crippen MR) is 106 cm³/mol. The summed E-state index contributed by atoms with van der Waals surface area (Å²) < 4.78 is 3.50. The minimum atomic E-state index is -0.00942. The van der Waals surface area contributed by atoms with Gasteiger partial charge in [0, 0.05) is 18.0 Å². The van der Waals surface area contributed by atoms with Crippen molar-refractivity contribution in [3.63, 3.8) is 0 Å². The first-order valence-corrected chi connectivity index (χ1v) is 10.4. The maximum Gasteiger partial charge on any atom is 0.263 e. The number of rotatable bonds is 8. The van der Waals surface area contributed by atoms with E-state index in [2.05, 4.69) is 29.0 Å². The number of thioether (sulfide) groups is 1. The van der Waals surface area contributed by atoms with E-state index in [1.54, 1.807) is 22.0 Å². The molecule has 0 radical (unpaired) electrons. The Morgan fingerprint density at radius 3 is 2.88 bits per heavy atom. The molecule has 0 aliphatic rings. The predicted octanol–water partition coefficient (Wildman–Crippen LogP) is 3.34. The second kappa shape index (κ2) is 8.13. The second-order valence-corrected chi connectivity index (χ2v) is 8.17. The van der Waals surface area contributed by atoms with E-state index in [0.717, 1.165) is 40.5 Å². The van der Waals surface area contributed by atoms with E-state index in [9.17, 15) is 4.79 Å². The lowest BCUT2D eigenvalue weighted by Crippen LogP contribution is -2.22. The van der Waals surface area contributed by atoms with E-state index in [1.807, 2.05) is 18.5 Å². The Morgan fingerprint density at radius 2 is 2.15 bits per heavy atom. The second-order valence-electron chi connectivity index (χ2n) is 6.02. The van der Waals surface area contributed by atoms with E-state index >= 15 is 0 Å². The normalized spacial score (nSPS) is 11.3. The van der Waals surface area contributed by atoms with Gasteiger partial charge in [-0.1, -0.05) is 31.2 Å². The minimum Gasteiger partial charge on any atom is -0.283 e. The number of tetrazole rings is 1. The lowest BCUT2D eigenvalue weighted by Gasteiger charge is -2.10. The van der Waals surface area contributed by atoms with Crippen LogP contribution in [0.3, 0.4) is 0 Å². The third-order valence-corrected chi connectivity index (χ3v) is 6.30. The Balaban J connectivity index is 1.94. The summed E-state index contributed by atoms with van der Waals surface area (Å²) in [5, 5.41) is 13.3. The summed E-state index contributed by atoms with van der Waals surface area (Å²) in [5.74, 6) is 1.36. The molecule has 0 saturated heterocycles. The Hall–Kier alpha value is -2.00. The molecule has 0 bridgehead atoms. The molecular weight excluding hydrogens is 368 g/mol. The van der Waals surface area contributed by atoms with Crippen molar-refractivity contribution in [2.75, 3.05) is 0 Å². The maximum atomic E-state index is 13.0. The van der Waals surface area contributed by atoms with Gasteiger partial charge in [0.25, 0.3) is 5.56 Å². The molecule has 0 fully saturated rings. The number of hydrogen-bond donors (Lipinski definition) is 0. The Kier molecular flexibility index (Phi) is 5.87. The molecule has 0 amide bonds. The molecule has 0 aromatic carbocycles. The van der Waals surface area contributed by atoms with Gasteiger partial charge in [-0.15, -0.1) is 23.0 Å². The fraction of sp³-hybridized carbons (Fsp3) is 0.471. The van der Waals surface area contributed by atoms with Gasteiger partial charge in [-0.05, 0) is 36.3 Å².